The topological polar surface area (TPSA) is 223 Å². The van der Waals surface area contributed by atoms with E-state index < -0.39 is 59.2 Å². The highest BCUT2D eigenvalue weighted by Gasteiger charge is 2.23. The minimum atomic E-state index is -1.37. The van der Waals surface area contributed by atoms with E-state index >= 15 is 0 Å². The molecule has 45 heavy (non-hydrogen) atoms. The smallest absolute Gasteiger partial charge is 0.407 e. The van der Waals surface area contributed by atoms with Gasteiger partial charge in [0.2, 0.25) is 11.8 Å². The molecule has 0 saturated heterocycles. The van der Waals surface area contributed by atoms with Crippen LogP contribution in [0.5, 0.6) is 0 Å². The van der Waals surface area contributed by atoms with Crippen molar-refractivity contribution in [1.29, 1.82) is 0 Å². The summed E-state index contributed by atoms with van der Waals surface area (Å²) in [5.41, 5.74) is -2.07. The largest absolute Gasteiger partial charge is 0.465 e. The Hall–Kier alpha value is -3.98. The van der Waals surface area contributed by atoms with Crippen LogP contribution in [0.25, 0.3) is 0 Å². The van der Waals surface area contributed by atoms with Crippen LogP contribution in [0.15, 0.2) is 0 Å². The van der Waals surface area contributed by atoms with E-state index in [1.165, 1.54) is 0 Å². The minimum absolute atomic E-state index is 0.0898. The first-order valence-electron chi connectivity index (χ1n) is 15.0. The molecule has 0 aromatic rings. The van der Waals surface area contributed by atoms with Gasteiger partial charge < -0.3 is 51.2 Å². The lowest BCUT2D eigenvalue weighted by Gasteiger charge is -2.24. The summed E-state index contributed by atoms with van der Waals surface area (Å²) in [4.78, 5) is 72.3. The molecular weight excluding hydrogens is 592 g/mol. The van der Waals surface area contributed by atoms with Gasteiger partial charge in [0.05, 0.1) is 0 Å². The summed E-state index contributed by atoms with van der Waals surface area (Å²) in [7, 11) is 0. The van der Waals surface area contributed by atoms with Crippen molar-refractivity contribution in [1.82, 2.24) is 31.9 Å². The molecule has 0 fully saturated rings. The zero-order valence-electron chi connectivity index (χ0n) is 28.1. The van der Waals surface area contributed by atoms with Crippen LogP contribution < -0.4 is 31.9 Å². The molecule has 0 heterocycles. The van der Waals surface area contributed by atoms with Gasteiger partial charge in [0.15, 0.2) is 0 Å². The van der Waals surface area contributed by atoms with Crippen LogP contribution in [0, 0.1) is 0 Å². The number of carboxylic acid groups (broad SMARTS) is 1. The number of ether oxygens (including phenoxy) is 3. The molecule has 0 bridgehead atoms. The second-order valence-corrected chi connectivity index (χ2v) is 13.3. The van der Waals surface area contributed by atoms with Gasteiger partial charge in [0.25, 0.3) is 0 Å². The van der Waals surface area contributed by atoms with Crippen molar-refractivity contribution in [2.24, 2.45) is 0 Å². The molecule has 0 unspecified atom stereocenters. The van der Waals surface area contributed by atoms with E-state index in [0.717, 1.165) is 0 Å². The Morgan fingerprint density at radius 3 is 1.53 bits per heavy atom. The van der Waals surface area contributed by atoms with Crippen LogP contribution in [0.1, 0.15) is 94.4 Å². The highest BCUT2D eigenvalue weighted by molar-refractivity contribution is 5.85. The third-order valence-corrected chi connectivity index (χ3v) is 5.25. The molecule has 0 aliphatic carbocycles. The molecule has 260 valence electrons. The van der Waals surface area contributed by atoms with Gasteiger partial charge in [-0.1, -0.05) is 0 Å². The molecule has 16 nitrogen and oxygen atoms in total. The molecule has 16 heteroatoms. The third kappa shape index (κ3) is 25.1. The van der Waals surface area contributed by atoms with Gasteiger partial charge in [-0.05, 0) is 88.0 Å². The average molecular weight is 647 g/mol. The van der Waals surface area contributed by atoms with E-state index in [0.29, 0.717) is 19.3 Å². The van der Waals surface area contributed by atoms with Crippen molar-refractivity contribution in [2.45, 2.75) is 123 Å². The fourth-order valence-corrected chi connectivity index (χ4v) is 3.59. The number of rotatable bonds is 16. The van der Waals surface area contributed by atoms with Crippen LogP contribution in [0.3, 0.4) is 0 Å². The Balaban J connectivity index is 4.89. The number of amides is 6. The normalized spacial score (nSPS) is 12.9. The molecular formula is C29H54N6O10. The molecule has 0 spiro atoms. The second-order valence-electron chi connectivity index (χ2n) is 13.3. The molecule has 6 amide bonds. The van der Waals surface area contributed by atoms with E-state index in [-0.39, 0.29) is 44.9 Å². The molecule has 0 aromatic heterocycles. The fraction of sp³-hybridized carbons (Fsp3) is 0.793. The van der Waals surface area contributed by atoms with Crippen LogP contribution in [-0.4, -0.2) is 96.4 Å². The predicted octanol–water partition coefficient (Wildman–Crippen LogP) is 2.75. The van der Waals surface area contributed by atoms with Crippen molar-refractivity contribution >= 4 is 36.2 Å². The summed E-state index contributed by atoms with van der Waals surface area (Å²) in [6, 6.07) is -1.69. The molecule has 0 rings (SSSR count). The summed E-state index contributed by atoms with van der Waals surface area (Å²) in [6.45, 7) is 16.1. The lowest BCUT2D eigenvalue weighted by molar-refractivity contribution is -0.123. The number of hydrogen-bond donors (Lipinski definition) is 7. The average Bonchev–Trinajstić information content (AvgIpc) is 2.82. The molecule has 0 radical (unpaired) electrons. The number of nitrogens with one attached hydrogen (secondary N) is 6. The van der Waals surface area contributed by atoms with Gasteiger partial charge in [0.1, 0.15) is 22.8 Å². The lowest BCUT2D eigenvalue weighted by Crippen LogP contribution is -2.47. The summed E-state index contributed by atoms with van der Waals surface area (Å²) < 4.78 is 15.6. The fourth-order valence-electron chi connectivity index (χ4n) is 3.59. The van der Waals surface area contributed by atoms with Crippen molar-refractivity contribution < 1.29 is 48.1 Å². The maximum Gasteiger partial charge on any atom is 0.407 e. The van der Waals surface area contributed by atoms with Crippen molar-refractivity contribution in [3.05, 3.63) is 0 Å². The number of carbonyl (C=O) groups excluding carboxylic acids is 5. The first-order chi connectivity index (χ1) is 20.6. The quantitative estimate of drug-likeness (QED) is 0.0959. The third-order valence-electron chi connectivity index (χ3n) is 5.25. The van der Waals surface area contributed by atoms with Crippen LogP contribution in [-0.2, 0) is 23.8 Å². The molecule has 0 saturated carbocycles. The summed E-state index contributed by atoms with van der Waals surface area (Å²) in [5.74, 6) is -0.932. The minimum Gasteiger partial charge on any atom is -0.465 e. The van der Waals surface area contributed by atoms with E-state index in [2.05, 4.69) is 31.9 Å². The Morgan fingerprint density at radius 1 is 0.578 bits per heavy atom. The zero-order chi connectivity index (χ0) is 34.8. The molecule has 0 aromatic carbocycles. The maximum absolute atomic E-state index is 12.7. The van der Waals surface area contributed by atoms with Gasteiger partial charge in [0, 0.05) is 38.6 Å². The van der Waals surface area contributed by atoms with Gasteiger partial charge in [-0.2, -0.15) is 0 Å². The van der Waals surface area contributed by atoms with Crippen LogP contribution in [0.2, 0.25) is 0 Å². The number of hydrogen-bond acceptors (Lipinski definition) is 9. The van der Waals surface area contributed by atoms with Crippen molar-refractivity contribution in [3.8, 4) is 0 Å². The van der Waals surface area contributed by atoms with E-state index in [9.17, 15) is 28.8 Å². The van der Waals surface area contributed by atoms with Gasteiger partial charge >= 0.3 is 24.4 Å². The Bertz CT molecular complexity index is 986. The highest BCUT2D eigenvalue weighted by Crippen LogP contribution is 2.10. The van der Waals surface area contributed by atoms with E-state index in [1.807, 2.05) is 0 Å². The standard InChI is InChI=1S/C29H54N6O10/c1-27(2,3)43-24(40)32-15-11-13-20(35-23(38)39)22(37)31-14-10-12-19(34-26(42)45-29(7,8)9)18-21(36)30-16-17-33-25(41)44-28(4,5)6/h19-20,35H,10-18H2,1-9H3,(H,30,36)(H,31,37)(H,32,40)(H,33,41)(H,34,42)(H,38,39)/t19-,20-/m0/s1. The lowest BCUT2D eigenvalue weighted by atomic mass is 10.1. The molecule has 0 aliphatic rings. The van der Waals surface area contributed by atoms with Crippen molar-refractivity contribution in [2.75, 3.05) is 26.2 Å². The predicted molar refractivity (Wildman–Crippen MR) is 166 cm³/mol. The monoisotopic (exact) mass is 646 g/mol. The Morgan fingerprint density at radius 2 is 1.02 bits per heavy atom. The summed E-state index contributed by atoms with van der Waals surface area (Å²) in [6.07, 6.45) is -2.32. The van der Waals surface area contributed by atoms with Gasteiger partial charge in [-0.3, -0.25) is 9.59 Å². The molecule has 0 aliphatic heterocycles. The van der Waals surface area contributed by atoms with Crippen LogP contribution in [0.4, 0.5) is 19.2 Å². The van der Waals surface area contributed by atoms with Gasteiger partial charge in [-0.25, -0.2) is 19.2 Å². The van der Waals surface area contributed by atoms with E-state index in [1.54, 1.807) is 62.3 Å². The summed E-state index contributed by atoms with van der Waals surface area (Å²) >= 11 is 0. The van der Waals surface area contributed by atoms with E-state index in [4.69, 9.17) is 19.3 Å². The first-order valence-corrected chi connectivity index (χ1v) is 15.0. The number of carbonyl (C=O) groups is 6. The maximum atomic E-state index is 12.7. The number of alkyl carbamates (subject to hydrolysis) is 3. The van der Waals surface area contributed by atoms with Crippen LogP contribution >= 0.6 is 0 Å². The first kappa shape index (κ1) is 41.0. The Labute approximate surface area is 265 Å². The van der Waals surface area contributed by atoms with Gasteiger partial charge in [-0.15, -0.1) is 0 Å². The zero-order valence-corrected chi connectivity index (χ0v) is 28.1. The second kappa shape index (κ2) is 19.4. The summed E-state index contributed by atoms with van der Waals surface area (Å²) in [5, 5.41) is 24.4. The Kier molecular flexibility index (Phi) is 17.7. The molecule has 7 N–H and O–H groups in total. The molecule has 2 atom stereocenters. The SMILES string of the molecule is CC(C)(C)OC(=O)NCCC[C@H](NC(=O)O)C(=O)NCCC[C@@H](CC(=O)NCCNC(=O)OC(C)(C)C)NC(=O)OC(C)(C)C. The van der Waals surface area contributed by atoms with Crippen molar-refractivity contribution in [3.63, 3.8) is 0 Å². The highest BCUT2D eigenvalue weighted by atomic mass is 16.6.